The molecular weight excluding hydrogens is 254 g/mol. The molecule has 1 N–H and O–H groups in total. The van der Waals surface area contributed by atoms with Gasteiger partial charge in [0.05, 0.1) is 0 Å². The number of piperidine rings is 1. The molecule has 1 amide bonds. The van der Waals surface area contributed by atoms with E-state index in [1.54, 1.807) is 0 Å². The molecule has 2 bridgehead atoms. The minimum atomic E-state index is 0.258. The van der Waals surface area contributed by atoms with E-state index >= 15 is 0 Å². The molecular formula is C12H12BrNO. The second-order valence-corrected chi connectivity index (χ2v) is 5.36. The van der Waals surface area contributed by atoms with Crippen molar-refractivity contribution in [2.24, 2.45) is 5.92 Å². The molecule has 1 aliphatic carbocycles. The molecule has 1 heterocycles. The number of amides is 1. The van der Waals surface area contributed by atoms with Gasteiger partial charge in [-0.15, -0.1) is 0 Å². The van der Waals surface area contributed by atoms with Crippen LogP contribution in [0.5, 0.6) is 0 Å². The molecule has 78 valence electrons. The van der Waals surface area contributed by atoms with E-state index in [0.29, 0.717) is 12.0 Å². The van der Waals surface area contributed by atoms with Crippen molar-refractivity contribution in [3.05, 3.63) is 34.3 Å². The van der Waals surface area contributed by atoms with Crippen LogP contribution in [0.3, 0.4) is 0 Å². The Kier molecular flexibility index (Phi) is 2.09. The fourth-order valence-corrected chi connectivity index (χ4v) is 3.05. The van der Waals surface area contributed by atoms with Crippen LogP contribution in [0.15, 0.2) is 28.7 Å². The lowest BCUT2D eigenvalue weighted by Crippen LogP contribution is -2.35. The van der Waals surface area contributed by atoms with Gasteiger partial charge in [0.25, 0.3) is 0 Å². The average Bonchev–Trinajstić information content (AvgIpc) is 2.77. The molecule has 2 nitrogen and oxygen atoms in total. The van der Waals surface area contributed by atoms with Crippen LogP contribution in [0.4, 0.5) is 0 Å². The smallest absolute Gasteiger partial charge is 0.223 e. The van der Waals surface area contributed by atoms with E-state index in [1.165, 1.54) is 5.56 Å². The molecule has 3 rings (SSSR count). The maximum absolute atomic E-state index is 11.3. The summed E-state index contributed by atoms with van der Waals surface area (Å²) in [6.45, 7) is 0. The highest BCUT2D eigenvalue weighted by atomic mass is 79.9. The molecule has 1 aliphatic heterocycles. The number of hydrogen-bond donors (Lipinski definition) is 1. The van der Waals surface area contributed by atoms with Crippen LogP contribution in [0.25, 0.3) is 0 Å². The van der Waals surface area contributed by atoms with E-state index in [-0.39, 0.29) is 11.8 Å². The molecule has 15 heavy (non-hydrogen) atoms. The molecule has 1 aromatic rings. The summed E-state index contributed by atoms with van der Waals surface area (Å²) >= 11 is 3.43. The number of hydrogen-bond acceptors (Lipinski definition) is 1. The first-order valence-electron chi connectivity index (χ1n) is 5.30. The van der Waals surface area contributed by atoms with Crippen LogP contribution in [0.2, 0.25) is 0 Å². The number of benzene rings is 1. The summed E-state index contributed by atoms with van der Waals surface area (Å²) in [4.78, 5) is 11.3. The fourth-order valence-electron chi connectivity index (χ4n) is 2.79. The molecule has 0 spiro atoms. The van der Waals surface area contributed by atoms with E-state index in [0.717, 1.165) is 17.3 Å². The Balaban J connectivity index is 1.85. The van der Waals surface area contributed by atoms with E-state index in [2.05, 4.69) is 45.5 Å². The molecule has 0 radical (unpaired) electrons. The minimum absolute atomic E-state index is 0.258. The van der Waals surface area contributed by atoms with Crippen LogP contribution in [0, 0.1) is 5.92 Å². The summed E-state index contributed by atoms with van der Waals surface area (Å²) in [7, 11) is 0. The topological polar surface area (TPSA) is 29.1 Å². The molecule has 3 atom stereocenters. The first-order chi connectivity index (χ1) is 7.24. The van der Waals surface area contributed by atoms with Gasteiger partial charge in [-0.1, -0.05) is 28.1 Å². The number of halogens is 1. The lowest BCUT2D eigenvalue weighted by molar-refractivity contribution is -0.123. The van der Waals surface area contributed by atoms with Crippen molar-refractivity contribution in [3.63, 3.8) is 0 Å². The van der Waals surface area contributed by atoms with Crippen LogP contribution in [-0.4, -0.2) is 11.9 Å². The van der Waals surface area contributed by atoms with Gasteiger partial charge < -0.3 is 5.32 Å². The minimum Gasteiger partial charge on any atom is -0.352 e. The summed E-state index contributed by atoms with van der Waals surface area (Å²) in [5.41, 5.74) is 1.35. The van der Waals surface area contributed by atoms with Gasteiger partial charge in [-0.25, -0.2) is 0 Å². The third kappa shape index (κ3) is 1.49. The number of carbonyl (C=O) groups is 1. The van der Waals surface area contributed by atoms with Gasteiger partial charge in [0.15, 0.2) is 0 Å². The first-order valence-corrected chi connectivity index (χ1v) is 6.09. The molecule has 1 aromatic carbocycles. The quantitative estimate of drug-likeness (QED) is 0.831. The summed E-state index contributed by atoms with van der Waals surface area (Å²) < 4.78 is 1.11. The highest BCUT2D eigenvalue weighted by molar-refractivity contribution is 9.10. The third-order valence-corrected chi connectivity index (χ3v) is 4.09. The maximum Gasteiger partial charge on any atom is 0.223 e. The van der Waals surface area contributed by atoms with Gasteiger partial charge in [-0.3, -0.25) is 4.79 Å². The van der Waals surface area contributed by atoms with E-state index < -0.39 is 0 Å². The lowest BCUT2D eigenvalue weighted by Gasteiger charge is -2.22. The molecule has 2 fully saturated rings. The summed E-state index contributed by atoms with van der Waals surface area (Å²) in [5.74, 6) is 1.05. The van der Waals surface area contributed by atoms with E-state index in [1.807, 2.05) is 0 Å². The van der Waals surface area contributed by atoms with Crippen molar-refractivity contribution in [1.29, 1.82) is 0 Å². The summed E-state index contributed by atoms with van der Waals surface area (Å²) in [6.07, 6.45) is 2.05. The molecule has 3 heteroatoms. The van der Waals surface area contributed by atoms with Crippen molar-refractivity contribution in [2.45, 2.75) is 24.8 Å². The van der Waals surface area contributed by atoms with Gasteiger partial charge >= 0.3 is 0 Å². The Labute approximate surface area is 97.2 Å². The summed E-state index contributed by atoms with van der Waals surface area (Å²) in [6, 6.07) is 8.83. The largest absolute Gasteiger partial charge is 0.352 e. The van der Waals surface area contributed by atoms with Gasteiger partial charge in [0, 0.05) is 22.4 Å². The Bertz CT molecular complexity index is 401. The zero-order valence-corrected chi connectivity index (χ0v) is 9.83. The first kappa shape index (κ1) is 9.40. The number of nitrogens with one attached hydrogen (secondary N) is 1. The van der Waals surface area contributed by atoms with Crippen molar-refractivity contribution in [3.8, 4) is 0 Å². The van der Waals surface area contributed by atoms with Crippen LogP contribution in [0.1, 0.15) is 24.3 Å². The van der Waals surface area contributed by atoms with Crippen molar-refractivity contribution >= 4 is 21.8 Å². The van der Waals surface area contributed by atoms with Crippen molar-refractivity contribution in [2.75, 3.05) is 0 Å². The number of fused-ring (bicyclic) bond motifs is 2. The number of rotatable bonds is 1. The normalized spacial score (nSPS) is 33.1. The van der Waals surface area contributed by atoms with E-state index in [9.17, 15) is 4.79 Å². The van der Waals surface area contributed by atoms with Crippen LogP contribution < -0.4 is 5.32 Å². The van der Waals surface area contributed by atoms with Gasteiger partial charge in [-0.2, -0.15) is 0 Å². The predicted octanol–water partition coefficient (Wildman–Crippen LogP) is 2.44. The SMILES string of the molecule is O=C1N[C@H]2C[C@@H]1C[C@@H]2c1ccc(Br)cc1. The van der Waals surface area contributed by atoms with Crippen LogP contribution >= 0.6 is 15.9 Å². The van der Waals surface area contributed by atoms with Crippen LogP contribution in [-0.2, 0) is 4.79 Å². The number of carbonyl (C=O) groups excluding carboxylic acids is 1. The second-order valence-electron chi connectivity index (χ2n) is 4.44. The average molecular weight is 266 g/mol. The van der Waals surface area contributed by atoms with Crippen molar-refractivity contribution in [1.82, 2.24) is 5.32 Å². The second kappa shape index (κ2) is 3.34. The Morgan fingerprint density at radius 3 is 2.47 bits per heavy atom. The Morgan fingerprint density at radius 2 is 1.93 bits per heavy atom. The van der Waals surface area contributed by atoms with Crippen molar-refractivity contribution < 1.29 is 4.79 Å². The predicted molar refractivity (Wildman–Crippen MR) is 61.5 cm³/mol. The monoisotopic (exact) mass is 265 g/mol. The zero-order valence-electron chi connectivity index (χ0n) is 8.24. The summed E-state index contributed by atoms with van der Waals surface area (Å²) in [5, 5.41) is 3.07. The molecule has 1 saturated carbocycles. The maximum atomic E-state index is 11.3. The lowest BCUT2D eigenvalue weighted by atomic mass is 9.91. The van der Waals surface area contributed by atoms with Gasteiger partial charge in [-0.05, 0) is 30.5 Å². The van der Waals surface area contributed by atoms with Gasteiger partial charge in [0.2, 0.25) is 5.91 Å². The third-order valence-electron chi connectivity index (χ3n) is 3.56. The zero-order chi connectivity index (χ0) is 10.4. The molecule has 1 saturated heterocycles. The van der Waals surface area contributed by atoms with E-state index in [4.69, 9.17) is 0 Å². The molecule has 2 aliphatic rings. The molecule has 0 aromatic heterocycles. The van der Waals surface area contributed by atoms with Gasteiger partial charge in [0.1, 0.15) is 0 Å². The Hall–Kier alpha value is -0.830. The standard InChI is InChI=1S/C12H12BrNO/c13-9-3-1-7(2-4-9)10-5-8-6-11(10)14-12(8)15/h1-4,8,10-11H,5-6H2,(H,14,15)/t8-,10+,11-/m0/s1. The highest BCUT2D eigenvalue weighted by Gasteiger charge is 2.45. The fraction of sp³-hybridized carbons (Fsp3) is 0.417. The Morgan fingerprint density at radius 1 is 1.20 bits per heavy atom. The molecule has 0 unspecified atom stereocenters. The highest BCUT2D eigenvalue weighted by Crippen LogP contribution is 2.42.